The predicted molar refractivity (Wildman–Crippen MR) is 66.4 cm³/mol. The van der Waals surface area contributed by atoms with Crippen molar-refractivity contribution in [3.63, 3.8) is 0 Å². The van der Waals surface area contributed by atoms with Crippen LogP contribution in [0, 0.1) is 0 Å². The molecule has 0 radical (unpaired) electrons. The van der Waals surface area contributed by atoms with Crippen molar-refractivity contribution in [1.29, 1.82) is 0 Å². The van der Waals surface area contributed by atoms with Crippen LogP contribution in [0.4, 0.5) is 4.79 Å². The Kier molecular flexibility index (Phi) is 5.50. The van der Waals surface area contributed by atoms with E-state index in [9.17, 15) is 4.79 Å². The van der Waals surface area contributed by atoms with Crippen molar-refractivity contribution in [2.45, 2.75) is 19.8 Å². The number of amidine groups is 1. The first-order chi connectivity index (χ1) is 8.24. The monoisotopic (exact) mass is 235 g/mol. The first-order valence-electron chi connectivity index (χ1n) is 5.52. The Morgan fingerprint density at radius 1 is 1.53 bits per heavy atom. The molecule has 0 aromatic carbocycles. The van der Waals surface area contributed by atoms with Gasteiger partial charge in [0, 0.05) is 12.7 Å². The second-order valence-electron chi connectivity index (χ2n) is 3.43. The number of nitrogens with zero attached hydrogens (tertiary/aromatic N) is 2. The zero-order valence-corrected chi connectivity index (χ0v) is 9.81. The first kappa shape index (κ1) is 13.0. The average molecular weight is 235 g/mol. The lowest BCUT2D eigenvalue weighted by Gasteiger charge is -2.03. The molecule has 92 valence electrons. The largest absolute Gasteiger partial charge is 0.380 e. The molecule has 0 spiro atoms. The Labute approximate surface area is 100 Å². The zero-order valence-electron chi connectivity index (χ0n) is 9.81. The van der Waals surface area contributed by atoms with Gasteiger partial charge in [0.2, 0.25) is 0 Å². The minimum absolute atomic E-state index is 0.177. The topological polar surface area (TPSA) is 92.4 Å². The van der Waals surface area contributed by atoms with Crippen molar-refractivity contribution in [3.8, 4) is 0 Å². The van der Waals surface area contributed by atoms with Crippen LogP contribution in [0.3, 0.4) is 0 Å². The Balaban J connectivity index is 2.40. The minimum Gasteiger partial charge on any atom is -0.380 e. The summed E-state index contributed by atoms with van der Waals surface area (Å²) >= 11 is 0. The van der Waals surface area contributed by atoms with Gasteiger partial charge in [-0.05, 0) is 18.6 Å². The van der Waals surface area contributed by atoms with E-state index in [2.05, 4.69) is 27.8 Å². The average Bonchev–Trinajstić information content (AvgIpc) is 2.37. The van der Waals surface area contributed by atoms with E-state index in [0.717, 1.165) is 12.8 Å². The van der Waals surface area contributed by atoms with Crippen molar-refractivity contribution < 1.29 is 4.79 Å². The highest BCUT2D eigenvalue weighted by Gasteiger charge is 2.00. The fourth-order valence-corrected chi connectivity index (χ4v) is 1.10. The molecule has 0 aliphatic heterocycles. The molecule has 2 amide bonds. The maximum Gasteiger partial charge on any atom is 0.335 e. The third-order valence-corrected chi connectivity index (χ3v) is 2.02. The molecular weight excluding hydrogens is 218 g/mol. The van der Waals surface area contributed by atoms with Crippen LogP contribution < -0.4 is 16.5 Å². The molecule has 1 aromatic rings. The molecule has 17 heavy (non-hydrogen) atoms. The lowest BCUT2D eigenvalue weighted by Crippen LogP contribution is -2.34. The zero-order chi connectivity index (χ0) is 12.5. The van der Waals surface area contributed by atoms with Gasteiger partial charge in [-0.25, -0.2) is 10.2 Å². The van der Waals surface area contributed by atoms with E-state index in [1.165, 1.54) is 0 Å². The van der Waals surface area contributed by atoms with Crippen molar-refractivity contribution in [3.05, 3.63) is 30.1 Å². The summed E-state index contributed by atoms with van der Waals surface area (Å²) in [4.78, 5) is 15.3. The van der Waals surface area contributed by atoms with Crippen molar-refractivity contribution >= 4 is 11.9 Å². The number of carbonyl (C=O) groups excluding carboxylic acids is 1. The summed E-state index contributed by atoms with van der Waals surface area (Å²) in [6.45, 7) is 2.68. The minimum atomic E-state index is -0.364. The van der Waals surface area contributed by atoms with Gasteiger partial charge < -0.3 is 11.1 Å². The lowest BCUT2D eigenvalue weighted by molar-refractivity contribution is 0.241. The van der Waals surface area contributed by atoms with E-state index in [1.807, 2.05) is 0 Å². The number of hydrazone groups is 1. The van der Waals surface area contributed by atoms with E-state index in [0.29, 0.717) is 12.2 Å². The number of unbranched alkanes of at least 4 members (excludes halogenated alkanes) is 1. The van der Waals surface area contributed by atoms with Gasteiger partial charge in [-0.2, -0.15) is 5.10 Å². The number of hydrogen-bond donors (Lipinski definition) is 3. The van der Waals surface area contributed by atoms with E-state index in [4.69, 9.17) is 5.73 Å². The summed E-state index contributed by atoms with van der Waals surface area (Å²) in [5.74, 6) is 0.177. The van der Waals surface area contributed by atoms with Crippen LogP contribution in [-0.4, -0.2) is 23.4 Å². The molecule has 0 aliphatic carbocycles. The van der Waals surface area contributed by atoms with E-state index in [1.54, 1.807) is 24.4 Å². The fraction of sp³-hybridized carbons (Fsp3) is 0.364. The normalized spacial score (nSPS) is 11.0. The molecule has 6 heteroatoms. The smallest absolute Gasteiger partial charge is 0.335 e. The molecular formula is C11H17N5O. The Morgan fingerprint density at radius 3 is 3.00 bits per heavy atom. The molecule has 0 saturated carbocycles. The van der Waals surface area contributed by atoms with Crippen LogP contribution >= 0.6 is 0 Å². The third-order valence-electron chi connectivity index (χ3n) is 2.02. The number of nitrogens with two attached hydrogens (primary N) is 1. The molecule has 0 aliphatic rings. The molecule has 1 heterocycles. The van der Waals surface area contributed by atoms with Crippen LogP contribution in [-0.2, 0) is 0 Å². The SMILES string of the molecule is CCCCNC(=O)N/N=C(/N)c1ccccn1. The molecule has 1 rings (SSSR count). The molecule has 0 bridgehead atoms. The van der Waals surface area contributed by atoms with Crippen LogP contribution in [0.15, 0.2) is 29.5 Å². The van der Waals surface area contributed by atoms with E-state index >= 15 is 0 Å². The van der Waals surface area contributed by atoms with E-state index < -0.39 is 0 Å². The number of pyridine rings is 1. The number of hydrogen-bond acceptors (Lipinski definition) is 3. The Bertz CT molecular complexity index is 377. The molecule has 1 aromatic heterocycles. The summed E-state index contributed by atoms with van der Waals surface area (Å²) in [6, 6.07) is 4.93. The van der Waals surface area contributed by atoms with Gasteiger partial charge in [-0.3, -0.25) is 4.98 Å². The third kappa shape index (κ3) is 4.96. The summed E-state index contributed by atoms with van der Waals surface area (Å²) < 4.78 is 0. The number of aromatic nitrogens is 1. The number of carbonyl (C=O) groups is 1. The van der Waals surface area contributed by atoms with Gasteiger partial charge in [0.25, 0.3) is 0 Å². The van der Waals surface area contributed by atoms with Gasteiger partial charge >= 0.3 is 6.03 Å². The second-order valence-corrected chi connectivity index (χ2v) is 3.43. The predicted octanol–water partition coefficient (Wildman–Crippen LogP) is 0.801. The number of amides is 2. The lowest BCUT2D eigenvalue weighted by atomic mass is 10.3. The summed E-state index contributed by atoms with van der Waals surface area (Å²) in [6.07, 6.45) is 3.57. The molecule has 6 nitrogen and oxygen atoms in total. The van der Waals surface area contributed by atoms with Gasteiger partial charge in [-0.1, -0.05) is 19.4 Å². The highest BCUT2D eigenvalue weighted by molar-refractivity contribution is 5.96. The molecule has 0 atom stereocenters. The number of nitrogens with one attached hydrogen (secondary N) is 2. The van der Waals surface area contributed by atoms with Crippen molar-refractivity contribution in [2.75, 3.05) is 6.54 Å². The summed E-state index contributed by atoms with van der Waals surface area (Å²) in [5, 5.41) is 6.40. The highest BCUT2D eigenvalue weighted by atomic mass is 16.2. The quantitative estimate of drug-likeness (QED) is 0.305. The second kappa shape index (κ2) is 7.21. The number of urea groups is 1. The summed E-state index contributed by atoms with van der Waals surface area (Å²) in [5.41, 5.74) is 8.48. The van der Waals surface area contributed by atoms with Crippen LogP contribution in [0.25, 0.3) is 0 Å². The number of rotatable bonds is 5. The van der Waals surface area contributed by atoms with Crippen LogP contribution in [0.1, 0.15) is 25.5 Å². The van der Waals surface area contributed by atoms with Crippen LogP contribution in [0.5, 0.6) is 0 Å². The van der Waals surface area contributed by atoms with Crippen molar-refractivity contribution in [1.82, 2.24) is 15.7 Å². The maximum absolute atomic E-state index is 11.2. The fourth-order valence-electron chi connectivity index (χ4n) is 1.10. The first-order valence-corrected chi connectivity index (χ1v) is 5.52. The van der Waals surface area contributed by atoms with Crippen molar-refractivity contribution in [2.24, 2.45) is 10.8 Å². The summed E-state index contributed by atoms with van der Waals surface area (Å²) in [7, 11) is 0. The van der Waals surface area contributed by atoms with Crippen LogP contribution in [0.2, 0.25) is 0 Å². The van der Waals surface area contributed by atoms with E-state index in [-0.39, 0.29) is 11.9 Å². The molecule has 0 fully saturated rings. The van der Waals surface area contributed by atoms with Gasteiger partial charge in [0.1, 0.15) is 5.69 Å². The standard InChI is InChI=1S/C11H17N5O/c1-2-3-7-14-11(17)16-15-10(12)9-6-4-5-8-13-9/h4-6,8H,2-3,7H2,1H3,(H2,12,15)(H2,14,16,17). The molecule has 4 N–H and O–H groups in total. The maximum atomic E-state index is 11.2. The molecule has 0 saturated heterocycles. The Morgan fingerprint density at radius 2 is 2.35 bits per heavy atom. The highest BCUT2D eigenvalue weighted by Crippen LogP contribution is 1.91. The molecule has 0 unspecified atom stereocenters. The van der Waals surface area contributed by atoms with Gasteiger partial charge in [0.05, 0.1) is 0 Å². The van der Waals surface area contributed by atoms with Gasteiger partial charge in [-0.15, -0.1) is 0 Å². The van der Waals surface area contributed by atoms with Gasteiger partial charge in [0.15, 0.2) is 5.84 Å². The Hall–Kier alpha value is -2.11.